The van der Waals surface area contributed by atoms with Crippen molar-refractivity contribution in [3.63, 3.8) is 0 Å². The van der Waals surface area contributed by atoms with Crippen molar-refractivity contribution in [3.8, 4) is 5.75 Å². The van der Waals surface area contributed by atoms with E-state index in [9.17, 15) is 18.4 Å². The largest absolute Gasteiger partial charge is 0.497 e. The molecule has 0 aromatic heterocycles. The molecule has 2 aromatic rings. The molecule has 0 bridgehead atoms. The molecule has 0 aliphatic carbocycles. The highest BCUT2D eigenvalue weighted by molar-refractivity contribution is 7.89. The number of benzene rings is 2. The van der Waals surface area contributed by atoms with Crippen molar-refractivity contribution in [3.05, 3.63) is 60.2 Å². The highest BCUT2D eigenvalue weighted by Gasteiger charge is 2.43. The van der Waals surface area contributed by atoms with Crippen LogP contribution in [0, 0.1) is 0 Å². The van der Waals surface area contributed by atoms with Gasteiger partial charge in [-0.05, 0) is 42.7 Å². The smallest absolute Gasteiger partial charge is 0.262 e. The van der Waals surface area contributed by atoms with Gasteiger partial charge in [0.15, 0.2) is 0 Å². The fraction of sp³-hybridized carbons (Fsp3) is 0.316. The highest BCUT2D eigenvalue weighted by atomic mass is 32.2. The normalized spacial score (nSPS) is 20.8. The van der Waals surface area contributed by atoms with Gasteiger partial charge in [-0.2, -0.15) is 4.31 Å². The minimum atomic E-state index is -3.93. The Hall–Kier alpha value is -2.42. The number of rotatable bonds is 5. The van der Waals surface area contributed by atoms with Crippen molar-refractivity contribution in [1.82, 2.24) is 9.79 Å². The molecule has 144 valence electrons. The second-order valence-electron chi connectivity index (χ2n) is 6.37. The maximum Gasteiger partial charge on any atom is 0.262 e. The number of sulfonamides is 1. The number of hydrogen-bond acceptors (Lipinski definition) is 5. The van der Waals surface area contributed by atoms with Gasteiger partial charge in [-0.3, -0.25) is 10.0 Å². The molecule has 1 saturated heterocycles. The maximum atomic E-state index is 13.2. The summed E-state index contributed by atoms with van der Waals surface area (Å²) in [5, 5.41) is 9.24. The van der Waals surface area contributed by atoms with Crippen LogP contribution in [0.1, 0.15) is 24.3 Å². The van der Waals surface area contributed by atoms with Gasteiger partial charge in [0.2, 0.25) is 10.0 Å². The van der Waals surface area contributed by atoms with Gasteiger partial charge in [0.25, 0.3) is 5.91 Å². The molecule has 3 rings (SSSR count). The van der Waals surface area contributed by atoms with Gasteiger partial charge in [0, 0.05) is 12.5 Å². The molecule has 1 fully saturated rings. The van der Waals surface area contributed by atoms with Crippen molar-refractivity contribution >= 4 is 15.9 Å². The monoisotopic (exact) mass is 390 g/mol. The predicted octanol–water partition coefficient (Wildman–Crippen LogP) is 2.14. The molecule has 1 aliphatic rings. The third-order valence-corrected chi connectivity index (χ3v) is 6.75. The summed E-state index contributed by atoms with van der Waals surface area (Å²) in [4.78, 5) is 12.5. The average molecular weight is 390 g/mol. The Morgan fingerprint density at radius 3 is 2.41 bits per heavy atom. The molecule has 2 aromatic carbocycles. The van der Waals surface area contributed by atoms with E-state index in [1.807, 2.05) is 30.3 Å². The van der Waals surface area contributed by atoms with Crippen LogP contribution in [-0.2, 0) is 14.8 Å². The molecule has 0 saturated carbocycles. The molecule has 27 heavy (non-hydrogen) atoms. The zero-order valence-electron chi connectivity index (χ0n) is 14.9. The molecule has 1 aliphatic heterocycles. The first-order chi connectivity index (χ1) is 13.0. The van der Waals surface area contributed by atoms with Crippen molar-refractivity contribution < 1.29 is 23.2 Å². The van der Waals surface area contributed by atoms with E-state index in [1.165, 1.54) is 23.5 Å². The van der Waals surface area contributed by atoms with Crippen LogP contribution in [0.2, 0.25) is 0 Å². The van der Waals surface area contributed by atoms with Crippen LogP contribution in [-0.4, -0.2) is 43.5 Å². The summed E-state index contributed by atoms with van der Waals surface area (Å²) >= 11 is 0. The predicted molar refractivity (Wildman–Crippen MR) is 99.0 cm³/mol. The van der Waals surface area contributed by atoms with E-state index in [2.05, 4.69) is 0 Å². The molecule has 0 radical (unpaired) electrons. The van der Waals surface area contributed by atoms with Crippen molar-refractivity contribution in [1.29, 1.82) is 0 Å². The second kappa shape index (κ2) is 8.08. The average Bonchev–Trinajstić information content (AvgIpc) is 2.73. The zero-order chi connectivity index (χ0) is 19.4. The van der Waals surface area contributed by atoms with Crippen LogP contribution in [0.4, 0.5) is 0 Å². The molecule has 2 N–H and O–H groups in total. The number of carbonyl (C=O) groups is 1. The van der Waals surface area contributed by atoms with Gasteiger partial charge in [-0.15, -0.1) is 0 Å². The van der Waals surface area contributed by atoms with E-state index >= 15 is 0 Å². The highest BCUT2D eigenvalue weighted by Crippen LogP contribution is 2.36. The Balaban J connectivity index is 2.01. The van der Waals surface area contributed by atoms with Crippen molar-refractivity contribution in [2.45, 2.75) is 29.7 Å². The molecular formula is C19H22N2O5S. The number of hydrogen-bond donors (Lipinski definition) is 2. The lowest BCUT2D eigenvalue weighted by atomic mass is 9.84. The Kier molecular flexibility index (Phi) is 5.79. The summed E-state index contributed by atoms with van der Waals surface area (Å²) in [6.07, 6.45) is 1.26. The lowest BCUT2D eigenvalue weighted by molar-refractivity contribution is -0.134. The van der Waals surface area contributed by atoms with Crippen molar-refractivity contribution in [2.75, 3.05) is 13.7 Å². The number of carbonyl (C=O) groups excluding carboxylic acids is 1. The molecule has 8 heteroatoms. The molecule has 7 nitrogen and oxygen atoms in total. The van der Waals surface area contributed by atoms with Crippen LogP contribution in [0.15, 0.2) is 59.5 Å². The Labute approximate surface area is 158 Å². The topological polar surface area (TPSA) is 95.9 Å². The standard InChI is InChI=1S/C19H22N2O5S/c1-26-15-9-11-16(12-10-15)27(24,25)21-13-5-8-17(18(21)19(22)20-23)14-6-3-2-4-7-14/h2-4,6-7,9-12,17-18,23H,5,8,13H2,1H3,(H,20,22)/t17-,18-/m1/s1. The van der Waals surface area contributed by atoms with E-state index in [4.69, 9.17) is 4.74 Å². The first-order valence-electron chi connectivity index (χ1n) is 8.64. The van der Waals surface area contributed by atoms with Crippen LogP contribution in [0.25, 0.3) is 0 Å². The summed E-state index contributed by atoms with van der Waals surface area (Å²) in [7, 11) is -2.43. The van der Waals surface area contributed by atoms with Gasteiger partial charge >= 0.3 is 0 Å². The Morgan fingerprint density at radius 2 is 1.81 bits per heavy atom. The fourth-order valence-electron chi connectivity index (χ4n) is 3.55. The van der Waals surface area contributed by atoms with Gasteiger partial charge in [0.1, 0.15) is 11.8 Å². The number of amides is 1. The summed E-state index contributed by atoms with van der Waals surface area (Å²) in [6.45, 7) is 0.204. The minimum absolute atomic E-state index is 0.0766. The van der Waals surface area contributed by atoms with E-state index in [0.717, 1.165) is 5.56 Å². The SMILES string of the molecule is COc1ccc(S(=O)(=O)N2CCC[C@H](c3ccccc3)[C@@H]2C(=O)NO)cc1. The van der Waals surface area contributed by atoms with Crippen LogP contribution in [0.3, 0.4) is 0 Å². The molecule has 0 unspecified atom stereocenters. The van der Waals surface area contributed by atoms with Crippen LogP contribution < -0.4 is 10.2 Å². The summed E-state index contributed by atoms with van der Waals surface area (Å²) in [6, 6.07) is 14.3. The van der Waals surface area contributed by atoms with E-state index in [-0.39, 0.29) is 17.4 Å². The maximum absolute atomic E-state index is 13.2. The van der Waals surface area contributed by atoms with Crippen LogP contribution >= 0.6 is 0 Å². The lowest BCUT2D eigenvalue weighted by Gasteiger charge is -2.39. The minimum Gasteiger partial charge on any atom is -0.497 e. The van der Waals surface area contributed by atoms with Gasteiger partial charge in [0.05, 0.1) is 12.0 Å². The van der Waals surface area contributed by atoms with E-state index in [0.29, 0.717) is 18.6 Å². The summed E-state index contributed by atoms with van der Waals surface area (Å²) in [5.74, 6) is -0.542. The Morgan fingerprint density at radius 1 is 1.15 bits per heavy atom. The van der Waals surface area contributed by atoms with Gasteiger partial charge in [-0.25, -0.2) is 13.9 Å². The first-order valence-corrected chi connectivity index (χ1v) is 10.1. The Bertz CT molecular complexity index is 884. The quantitative estimate of drug-likeness (QED) is 0.602. The number of nitrogens with zero attached hydrogens (tertiary/aromatic N) is 1. The third kappa shape index (κ3) is 3.83. The first kappa shape index (κ1) is 19.3. The van der Waals surface area contributed by atoms with E-state index < -0.39 is 22.0 Å². The summed E-state index contributed by atoms with van der Waals surface area (Å²) in [5.41, 5.74) is 2.50. The number of methoxy groups -OCH3 is 1. The van der Waals surface area contributed by atoms with Crippen molar-refractivity contribution in [2.24, 2.45) is 0 Å². The molecular weight excluding hydrogens is 368 g/mol. The third-order valence-electron chi connectivity index (χ3n) is 4.86. The van der Waals surface area contributed by atoms with Crippen LogP contribution in [0.5, 0.6) is 5.75 Å². The number of hydroxylamine groups is 1. The molecule has 1 heterocycles. The van der Waals surface area contributed by atoms with E-state index in [1.54, 1.807) is 17.6 Å². The molecule has 1 amide bonds. The number of piperidine rings is 1. The second-order valence-corrected chi connectivity index (χ2v) is 8.26. The number of ether oxygens (including phenoxy) is 1. The zero-order valence-corrected chi connectivity index (χ0v) is 15.7. The fourth-order valence-corrected chi connectivity index (χ4v) is 5.21. The number of nitrogens with one attached hydrogen (secondary N) is 1. The summed E-state index contributed by atoms with van der Waals surface area (Å²) < 4.78 is 32.7. The molecule has 0 spiro atoms. The molecule has 2 atom stereocenters. The van der Waals surface area contributed by atoms with Gasteiger partial charge in [-0.1, -0.05) is 30.3 Å². The van der Waals surface area contributed by atoms with Gasteiger partial charge < -0.3 is 4.74 Å². The lowest BCUT2D eigenvalue weighted by Crippen LogP contribution is -2.54.